The molecule has 0 aliphatic heterocycles. The van der Waals surface area contributed by atoms with Gasteiger partial charge in [0.2, 0.25) is 5.78 Å². The van der Waals surface area contributed by atoms with E-state index in [1.54, 1.807) is 0 Å². The first-order valence-electron chi connectivity index (χ1n) is 10.5. The Kier molecular flexibility index (Phi) is 7.20. The molecule has 1 aliphatic carbocycles. The Hall–Kier alpha value is -3.27. The fourth-order valence-electron chi connectivity index (χ4n) is 3.85. The summed E-state index contributed by atoms with van der Waals surface area (Å²) < 4.78 is 58.4. The number of carbonyl (C=O) groups is 1. The van der Waals surface area contributed by atoms with Crippen molar-refractivity contribution < 1.29 is 35.7 Å². The van der Waals surface area contributed by atoms with Crippen LogP contribution in [0.15, 0.2) is 41.3 Å². The molecule has 3 aromatic heterocycles. The smallest absolute Gasteiger partial charge is 0.333 e. The molecule has 3 aromatic rings. The molecule has 0 saturated heterocycles. The Balaban J connectivity index is 1.43. The van der Waals surface area contributed by atoms with Gasteiger partial charge in [-0.15, -0.1) is 0 Å². The van der Waals surface area contributed by atoms with Gasteiger partial charge in [0, 0.05) is 24.4 Å². The van der Waals surface area contributed by atoms with E-state index in [0.717, 1.165) is 0 Å². The molecule has 3 heterocycles. The monoisotopic (exact) mass is 512 g/mol. The number of aliphatic hydroxyl groups excluding tert-OH is 1. The molecule has 35 heavy (non-hydrogen) atoms. The van der Waals surface area contributed by atoms with Crippen LogP contribution in [0.1, 0.15) is 46.8 Å². The summed E-state index contributed by atoms with van der Waals surface area (Å²) >= 11 is 0. The molecule has 1 saturated carbocycles. The average Bonchev–Trinajstić information content (AvgIpc) is 3.53. The number of halogens is 2. The summed E-state index contributed by atoms with van der Waals surface area (Å²) in [6.07, 6.45) is 1.16. The topological polar surface area (TPSA) is 175 Å². The van der Waals surface area contributed by atoms with Gasteiger partial charge in [-0.2, -0.15) is 13.5 Å². The van der Waals surface area contributed by atoms with Crippen molar-refractivity contribution in [2.75, 3.05) is 11.9 Å². The van der Waals surface area contributed by atoms with Crippen LogP contribution in [0.5, 0.6) is 0 Å². The lowest BCUT2D eigenvalue weighted by atomic mass is 10.1. The van der Waals surface area contributed by atoms with Crippen molar-refractivity contribution in [2.24, 2.45) is 11.1 Å². The number of ketones is 1. The van der Waals surface area contributed by atoms with E-state index in [4.69, 9.17) is 9.56 Å². The van der Waals surface area contributed by atoms with E-state index in [2.05, 4.69) is 24.6 Å². The molecule has 4 N–H and O–H groups in total. The Bertz CT molecular complexity index is 1300. The van der Waals surface area contributed by atoms with Crippen molar-refractivity contribution in [3.63, 3.8) is 0 Å². The van der Waals surface area contributed by atoms with Crippen molar-refractivity contribution >= 4 is 21.9 Å². The average molecular weight is 512 g/mol. The third kappa shape index (κ3) is 6.25. The number of nitrogens with two attached hydrogens (primary N) is 1. The number of alkyl halides is 2. The minimum absolute atomic E-state index is 0.0539. The van der Waals surface area contributed by atoms with Gasteiger partial charge >= 0.3 is 10.3 Å². The molecule has 0 amide bonds. The molecule has 0 spiro atoms. The van der Waals surface area contributed by atoms with Crippen LogP contribution in [0.4, 0.5) is 14.6 Å². The van der Waals surface area contributed by atoms with Crippen LogP contribution in [0.2, 0.25) is 0 Å². The molecule has 188 valence electrons. The van der Waals surface area contributed by atoms with Gasteiger partial charge in [-0.05, 0) is 31.0 Å². The zero-order chi connectivity index (χ0) is 25.2. The fourth-order valence-corrected chi connectivity index (χ4v) is 4.22. The molecule has 15 heteroatoms. The van der Waals surface area contributed by atoms with Crippen LogP contribution in [-0.4, -0.2) is 57.8 Å². The maximum Gasteiger partial charge on any atom is 0.333 e. The number of aromatic nitrogens is 4. The van der Waals surface area contributed by atoms with Gasteiger partial charge < -0.3 is 14.8 Å². The molecule has 0 unspecified atom stereocenters. The van der Waals surface area contributed by atoms with Crippen LogP contribution < -0.4 is 10.5 Å². The maximum absolute atomic E-state index is 13.1. The van der Waals surface area contributed by atoms with Crippen LogP contribution in [0.3, 0.4) is 0 Å². The van der Waals surface area contributed by atoms with E-state index >= 15 is 0 Å². The van der Waals surface area contributed by atoms with Crippen molar-refractivity contribution in [1.29, 1.82) is 0 Å². The number of carbonyl (C=O) groups excluding carboxylic acids is 1. The molecule has 0 aromatic carbocycles. The van der Waals surface area contributed by atoms with Crippen LogP contribution in [-0.2, 0) is 21.0 Å². The molecular weight excluding hydrogens is 490 g/mol. The predicted molar refractivity (Wildman–Crippen MR) is 116 cm³/mol. The lowest BCUT2D eigenvalue weighted by Crippen LogP contribution is -2.24. The Morgan fingerprint density at radius 2 is 2.14 bits per heavy atom. The van der Waals surface area contributed by atoms with E-state index in [-0.39, 0.29) is 48.4 Å². The van der Waals surface area contributed by atoms with Gasteiger partial charge in [0.15, 0.2) is 5.76 Å². The SMILES string of the molecule is NS(=O)(=O)OC[C@H]1C[C@@H](Nc2ncncc2C(=O)c2ccn(Cc3ccc(C(F)F)o3)n2)C[C@@H]1O. The normalized spacial score (nSPS) is 20.4. The van der Waals surface area contributed by atoms with Gasteiger partial charge in [0.25, 0.3) is 6.43 Å². The molecular formula is C20H22F2N6O6S. The Labute approximate surface area is 198 Å². The van der Waals surface area contributed by atoms with E-state index in [1.165, 1.54) is 41.6 Å². The number of furan rings is 1. The standard InChI is InChI=1S/C20H22F2N6O6S/c21-19(22)17-2-1-13(34-17)8-28-4-3-15(27-28)18(30)14-7-24-10-25-20(14)26-12-5-11(16(29)6-12)9-33-35(23,31)32/h1-4,7,10-12,16,19,29H,5-6,8-9H2,(H2,23,31,32)(H,24,25,26)/t11-,12-,16+/m1/s1. The van der Waals surface area contributed by atoms with E-state index < -0.39 is 40.3 Å². The molecule has 1 aliphatic rings. The first kappa shape index (κ1) is 24.8. The largest absolute Gasteiger partial charge is 0.458 e. The van der Waals surface area contributed by atoms with Crippen molar-refractivity contribution in [1.82, 2.24) is 19.7 Å². The first-order valence-corrected chi connectivity index (χ1v) is 11.9. The molecule has 4 rings (SSSR count). The van der Waals surface area contributed by atoms with E-state index in [9.17, 15) is 27.1 Å². The highest BCUT2D eigenvalue weighted by Gasteiger charge is 2.35. The quantitative estimate of drug-likeness (QED) is 0.335. The third-order valence-corrected chi connectivity index (χ3v) is 5.95. The molecule has 12 nitrogen and oxygen atoms in total. The zero-order valence-electron chi connectivity index (χ0n) is 18.1. The van der Waals surface area contributed by atoms with Crippen molar-refractivity contribution in [2.45, 2.75) is 38.0 Å². The lowest BCUT2D eigenvalue weighted by Gasteiger charge is -2.15. The maximum atomic E-state index is 13.1. The number of nitrogens with zero attached hydrogens (tertiary/aromatic N) is 4. The minimum Gasteiger partial charge on any atom is -0.458 e. The fraction of sp³-hybridized carbons (Fsp3) is 0.400. The predicted octanol–water partition coefficient (Wildman–Crippen LogP) is 1.25. The summed E-state index contributed by atoms with van der Waals surface area (Å²) in [5.41, 5.74) is 0.212. The van der Waals surface area contributed by atoms with Crippen LogP contribution >= 0.6 is 0 Å². The van der Waals surface area contributed by atoms with Crippen molar-refractivity contribution in [3.8, 4) is 0 Å². The highest BCUT2D eigenvalue weighted by molar-refractivity contribution is 7.84. The van der Waals surface area contributed by atoms with Gasteiger partial charge in [-0.1, -0.05) is 0 Å². The molecule has 1 fully saturated rings. The summed E-state index contributed by atoms with van der Waals surface area (Å²) in [6.45, 7) is -0.210. The van der Waals surface area contributed by atoms with E-state index in [1.807, 2.05) is 0 Å². The second-order valence-electron chi connectivity index (χ2n) is 8.03. The third-order valence-electron chi connectivity index (χ3n) is 5.49. The summed E-state index contributed by atoms with van der Waals surface area (Å²) in [5.74, 6) is -0.927. The van der Waals surface area contributed by atoms with Crippen molar-refractivity contribution in [3.05, 3.63) is 59.7 Å². The van der Waals surface area contributed by atoms with Gasteiger partial charge in [0.05, 0.1) is 24.8 Å². The number of aliphatic hydroxyl groups is 1. The highest BCUT2D eigenvalue weighted by atomic mass is 32.2. The lowest BCUT2D eigenvalue weighted by molar-refractivity contribution is 0.101. The minimum atomic E-state index is -4.13. The Morgan fingerprint density at radius 1 is 1.34 bits per heavy atom. The summed E-state index contributed by atoms with van der Waals surface area (Å²) in [4.78, 5) is 21.1. The summed E-state index contributed by atoms with van der Waals surface area (Å²) in [7, 11) is -4.13. The molecule has 0 bridgehead atoms. The van der Waals surface area contributed by atoms with Gasteiger partial charge in [0.1, 0.15) is 23.6 Å². The number of nitrogens with one attached hydrogen (secondary N) is 1. The summed E-state index contributed by atoms with van der Waals surface area (Å²) in [6, 6.07) is 3.74. The first-order chi connectivity index (χ1) is 16.6. The van der Waals surface area contributed by atoms with E-state index in [0.29, 0.717) is 6.42 Å². The number of hydrogen-bond acceptors (Lipinski definition) is 10. The number of hydrogen-bond donors (Lipinski definition) is 3. The zero-order valence-corrected chi connectivity index (χ0v) is 18.9. The molecule has 0 radical (unpaired) electrons. The van der Waals surface area contributed by atoms with Crippen LogP contribution in [0, 0.1) is 5.92 Å². The second-order valence-corrected chi connectivity index (χ2v) is 9.26. The Morgan fingerprint density at radius 3 is 2.86 bits per heavy atom. The van der Waals surface area contributed by atoms with Crippen LogP contribution in [0.25, 0.3) is 0 Å². The van der Waals surface area contributed by atoms with Gasteiger partial charge in [-0.3, -0.25) is 13.7 Å². The molecule has 3 atom stereocenters. The summed E-state index contributed by atoms with van der Waals surface area (Å²) in [5, 5.41) is 22.3. The second kappa shape index (κ2) is 10.2. The number of rotatable bonds is 10. The highest BCUT2D eigenvalue weighted by Crippen LogP contribution is 2.30. The number of anilines is 1. The van der Waals surface area contributed by atoms with Gasteiger partial charge in [-0.25, -0.2) is 23.9 Å².